The van der Waals surface area contributed by atoms with Crippen molar-refractivity contribution < 1.29 is 14.6 Å². The normalized spacial score (nSPS) is 17.6. The lowest BCUT2D eigenvalue weighted by Gasteiger charge is -2.11. The van der Waals surface area contributed by atoms with Crippen LogP contribution in [0.1, 0.15) is 18.4 Å². The minimum Gasteiger partial charge on any atom is -0.503 e. The van der Waals surface area contributed by atoms with Crippen LogP contribution in [0, 0.1) is 0 Å². The zero-order valence-corrected chi connectivity index (χ0v) is 14.5. The Kier molecular flexibility index (Phi) is 6.41. The van der Waals surface area contributed by atoms with Crippen LogP contribution in [0.5, 0.6) is 11.5 Å². The molecule has 3 N–H and O–H groups in total. The molecule has 120 valence electrons. The van der Waals surface area contributed by atoms with E-state index in [2.05, 4.69) is 31.8 Å². The van der Waals surface area contributed by atoms with Crippen molar-refractivity contribution in [3.05, 3.63) is 22.2 Å². The maximum Gasteiger partial charge on any atom is 0.187 e. The number of thiocarbonyl (C=S) groups is 1. The fourth-order valence-corrected chi connectivity index (χ4v) is 2.64. The summed E-state index contributed by atoms with van der Waals surface area (Å²) in [5.74, 6) is 0.427. The van der Waals surface area contributed by atoms with E-state index in [0.717, 1.165) is 25.0 Å². The van der Waals surface area contributed by atoms with Gasteiger partial charge in [-0.05, 0) is 58.7 Å². The fraction of sp³-hybridized carbons (Fsp3) is 0.429. The van der Waals surface area contributed by atoms with Crippen molar-refractivity contribution in [1.29, 1.82) is 0 Å². The number of phenols is 1. The van der Waals surface area contributed by atoms with E-state index in [4.69, 9.17) is 21.7 Å². The number of methoxy groups -OCH3 is 1. The van der Waals surface area contributed by atoms with Gasteiger partial charge in [0.15, 0.2) is 16.6 Å². The van der Waals surface area contributed by atoms with Gasteiger partial charge in [-0.15, -0.1) is 0 Å². The Balaban J connectivity index is 1.83. The van der Waals surface area contributed by atoms with Crippen molar-refractivity contribution in [2.75, 3.05) is 20.3 Å². The molecular weight excluding hydrogens is 370 g/mol. The Bertz CT molecular complexity index is 563. The number of ether oxygens (including phenoxy) is 2. The lowest BCUT2D eigenvalue weighted by Crippen LogP contribution is -2.37. The van der Waals surface area contributed by atoms with E-state index in [1.54, 1.807) is 18.3 Å². The lowest BCUT2D eigenvalue weighted by atomic mass is 10.2. The summed E-state index contributed by atoms with van der Waals surface area (Å²) in [6, 6.07) is 3.40. The molecule has 1 aromatic carbocycles. The summed E-state index contributed by atoms with van der Waals surface area (Å²) in [6.45, 7) is 1.50. The molecule has 0 spiro atoms. The summed E-state index contributed by atoms with van der Waals surface area (Å²) >= 11 is 8.39. The van der Waals surface area contributed by atoms with Gasteiger partial charge in [0, 0.05) is 13.2 Å². The molecule has 8 heteroatoms. The molecule has 1 atom stereocenters. The maximum atomic E-state index is 9.73. The van der Waals surface area contributed by atoms with Crippen molar-refractivity contribution in [3.63, 3.8) is 0 Å². The highest BCUT2D eigenvalue weighted by molar-refractivity contribution is 9.10. The molecule has 1 heterocycles. The molecule has 2 rings (SSSR count). The molecule has 0 aliphatic carbocycles. The number of phenolic OH excluding ortho intramolecular Hbond substituents is 1. The van der Waals surface area contributed by atoms with Crippen LogP contribution in [0.2, 0.25) is 0 Å². The Labute approximate surface area is 143 Å². The number of nitrogens with zero attached hydrogens (tertiary/aromatic N) is 1. The van der Waals surface area contributed by atoms with Gasteiger partial charge in [-0.25, -0.2) is 0 Å². The molecule has 22 heavy (non-hydrogen) atoms. The minimum atomic E-state index is 0.0568. The summed E-state index contributed by atoms with van der Waals surface area (Å²) in [5.41, 5.74) is 3.50. The van der Waals surface area contributed by atoms with Gasteiger partial charge in [0.2, 0.25) is 0 Å². The molecule has 1 aliphatic rings. The highest BCUT2D eigenvalue weighted by atomic mass is 79.9. The van der Waals surface area contributed by atoms with Crippen molar-refractivity contribution in [2.45, 2.75) is 18.9 Å². The molecule has 0 radical (unpaired) electrons. The van der Waals surface area contributed by atoms with Crippen LogP contribution in [0.25, 0.3) is 0 Å². The number of rotatable bonds is 5. The first-order valence-corrected chi connectivity index (χ1v) is 8.05. The Hall–Kier alpha value is -1.38. The molecule has 0 bridgehead atoms. The van der Waals surface area contributed by atoms with Gasteiger partial charge in [0.1, 0.15) is 0 Å². The van der Waals surface area contributed by atoms with Crippen LogP contribution in [-0.2, 0) is 4.74 Å². The van der Waals surface area contributed by atoms with Crippen LogP contribution >= 0.6 is 28.1 Å². The number of nitrogens with one attached hydrogen (secondary N) is 2. The van der Waals surface area contributed by atoms with E-state index in [1.165, 1.54) is 7.11 Å². The summed E-state index contributed by atoms with van der Waals surface area (Å²) in [4.78, 5) is 0. The van der Waals surface area contributed by atoms with Crippen molar-refractivity contribution in [3.8, 4) is 11.5 Å². The Morgan fingerprint density at radius 3 is 3.14 bits per heavy atom. The predicted octanol–water partition coefficient (Wildman–Crippen LogP) is 2.14. The van der Waals surface area contributed by atoms with Gasteiger partial charge in [-0.1, -0.05) is 0 Å². The molecule has 0 amide bonds. The van der Waals surface area contributed by atoms with Crippen LogP contribution in [-0.4, -0.2) is 42.8 Å². The topological polar surface area (TPSA) is 75.1 Å². The molecule has 0 saturated carbocycles. The third-order valence-corrected chi connectivity index (χ3v) is 4.00. The monoisotopic (exact) mass is 387 g/mol. The van der Waals surface area contributed by atoms with E-state index in [9.17, 15) is 5.11 Å². The first-order chi connectivity index (χ1) is 10.6. The molecule has 1 fully saturated rings. The number of halogens is 1. The molecule has 1 unspecified atom stereocenters. The fourth-order valence-electron chi connectivity index (χ4n) is 2.04. The number of benzene rings is 1. The van der Waals surface area contributed by atoms with Crippen LogP contribution in [0.4, 0.5) is 0 Å². The zero-order valence-electron chi connectivity index (χ0n) is 12.1. The number of aromatic hydroxyl groups is 1. The van der Waals surface area contributed by atoms with Gasteiger partial charge in [0.05, 0.1) is 23.9 Å². The average Bonchev–Trinajstić information content (AvgIpc) is 3.02. The summed E-state index contributed by atoms with van der Waals surface area (Å²) in [6.07, 6.45) is 3.97. The standard InChI is InChI=1S/C14H18BrN3O3S/c1-20-12-6-9(5-11(15)13(12)19)7-17-18-14(22)16-8-10-3-2-4-21-10/h5-7,10,19H,2-4,8H2,1H3,(H2,16,18,22)/b17-7+. The van der Waals surface area contributed by atoms with Crippen LogP contribution < -0.4 is 15.5 Å². The van der Waals surface area contributed by atoms with Gasteiger partial charge in [-0.3, -0.25) is 5.43 Å². The van der Waals surface area contributed by atoms with Gasteiger partial charge >= 0.3 is 0 Å². The van der Waals surface area contributed by atoms with Crippen molar-refractivity contribution >= 4 is 39.5 Å². The average molecular weight is 388 g/mol. The summed E-state index contributed by atoms with van der Waals surface area (Å²) < 4.78 is 11.1. The van der Waals surface area contributed by atoms with E-state index in [-0.39, 0.29) is 11.9 Å². The van der Waals surface area contributed by atoms with Gasteiger partial charge in [0.25, 0.3) is 0 Å². The zero-order chi connectivity index (χ0) is 15.9. The van der Waals surface area contributed by atoms with E-state index in [0.29, 0.717) is 21.9 Å². The Morgan fingerprint density at radius 1 is 1.64 bits per heavy atom. The second kappa shape index (κ2) is 8.30. The molecule has 1 aromatic rings. The molecule has 0 aromatic heterocycles. The molecule has 6 nitrogen and oxygen atoms in total. The van der Waals surface area contributed by atoms with Gasteiger partial charge < -0.3 is 19.9 Å². The number of hydrazone groups is 1. The summed E-state index contributed by atoms with van der Waals surface area (Å²) in [5, 5.41) is 17.3. The predicted molar refractivity (Wildman–Crippen MR) is 92.7 cm³/mol. The van der Waals surface area contributed by atoms with Gasteiger partial charge in [-0.2, -0.15) is 5.10 Å². The Morgan fingerprint density at radius 2 is 2.45 bits per heavy atom. The molecule has 1 aliphatic heterocycles. The highest BCUT2D eigenvalue weighted by Gasteiger charge is 2.15. The first-order valence-electron chi connectivity index (χ1n) is 6.85. The van der Waals surface area contributed by atoms with Crippen molar-refractivity contribution in [1.82, 2.24) is 10.7 Å². The smallest absolute Gasteiger partial charge is 0.187 e. The number of hydrogen-bond acceptors (Lipinski definition) is 5. The second-order valence-corrected chi connectivity index (χ2v) is 6.03. The quantitative estimate of drug-likeness (QED) is 0.408. The highest BCUT2D eigenvalue weighted by Crippen LogP contribution is 2.34. The SMILES string of the molecule is COc1cc(/C=N/NC(=S)NCC2CCCO2)cc(Br)c1O. The minimum absolute atomic E-state index is 0.0568. The van der Waals surface area contributed by atoms with E-state index >= 15 is 0 Å². The van der Waals surface area contributed by atoms with E-state index < -0.39 is 0 Å². The maximum absolute atomic E-state index is 9.73. The summed E-state index contributed by atoms with van der Waals surface area (Å²) in [7, 11) is 1.49. The molecule has 1 saturated heterocycles. The second-order valence-electron chi connectivity index (χ2n) is 4.77. The van der Waals surface area contributed by atoms with Crippen LogP contribution in [0.15, 0.2) is 21.7 Å². The van der Waals surface area contributed by atoms with E-state index in [1.807, 2.05) is 0 Å². The third-order valence-electron chi connectivity index (χ3n) is 3.16. The lowest BCUT2D eigenvalue weighted by molar-refractivity contribution is 0.114. The van der Waals surface area contributed by atoms with Crippen molar-refractivity contribution in [2.24, 2.45) is 5.10 Å². The largest absolute Gasteiger partial charge is 0.503 e. The number of hydrogen-bond donors (Lipinski definition) is 3. The first kappa shape index (κ1) is 17.0. The van der Waals surface area contributed by atoms with Crippen LogP contribution in [0.3, 0.4) is 0 Å². The third kappa shape index (κ3) is 4.82. The molecular formula is C14H18BrN3O3S.